The molecule has 3 saturated carbocycles. The highest BCUT2D eigenvalue weighted by molar-refractivity contribution is 7.80. The summed E-state index contributed by atoms with van der Waals surface area (Å²) in [6.45, 7) is 4.80. The first-order chi connectivity index (χ1) is 9.78. The number of fused-ring (bicyclic) bond motifs is 3. The largest absolute Gasteiger partial charge is 0.397 e. The molecule has 122 valence electrons. The lowest BCUT2D eigenvalue weighted by Crippen LogP contribution is -2.49. The number of rotatable bonds is 2. The lowest BCUT2D eigenvalue weighted by molar-refractivity contribution is -0.0854. The summed E-state index contributed by atoms with van der Waals surface area (Å²) < 4.78 is 35.6. The lowest BCUT2D eigenvalue weighted by Gasteiger charge is -2.57. The molecule has 0 aromatic carbocycles. The molecule has 0 amide bonds. The lowest BCUT2D eigenvalue weighted by atomic mass is 9.49. The Labute approximate surface area is 128 Å². The average molecular weight is 316 g/mol. The highest BCUT2D eigenvalue weighted by Gasteiger charge is 2.52. The van der Waals surface area contributed by atoms with Crippen LogP contribution in [0.25, 0.3) is 0 Å². The molecule has 0 unspecified atom stereocenters. The van der Waals surface area contributed by atoms with E-state index in [9.17, 15) is 8.42 Å². The van der Waals surface area contributed by atoms with Gasteiger partial charge in [-0.25, -0.2) is 4.18 Å². The van der Waals surface area contributed by atoms with Gasteiger partial charge in [-0.3, -0.25) is 4.55 Å². The Morgan fingerprint density at radius 2 is 1.86 bits per heavy atom. The maximum Gasteiger partial charge on any atom is 0.397 e. The van der Waals surface area contributed by atoms with E-state index in [1.165, 1.54) is 32.1 Å². The second-order valence-corrected chi connectivity index (χ2v) is 9.03. The highest BCUT2D eigenvalue weighted by atomic mass is 32.3. The fourth-order valence-corrected chi connectivity index (χ4v) is 6.20. The SMILES string of the molecule is C[C@@H]1CC[C@H]2[C@@H](CC[C@@H]3C[C@H](OS(=O)(=O)O)CC[C@@]32C)C1. The summed E-state index contributed by atoms with van der Waals surface area (Å²) in [4.78, 5) is 0. The zero-order valence-corrected chi connectivity index (χ0v) is 13.9. The minimum Gasteiger partial charge on any atom is -0.264 e. The van der Waals surface area contributed by atoms with E-state index in [2.05, 4.69) is 13.8 Å². The van der Waals surface area contributed by atoms with Crippen molar-refractivity contribution in [2.45, 2.75) is 71.3 Å². The van der Waals surface area contributed by atoms with Crippen LogP contribution in [0.15, 0.2) is 0 Å². The molecule has 0 heterocycles. The van der Waals surface area contributed by atoms with Crippen LogP contribution in [0.4, 0.5) is 0 Å². The van der Waals surface area contributed by atoms with Gasteiger partial charge < -0.3 is 0 Å². The van der Waals surface area contributed by atoms with E-state index in [-0.39, 0.29) is 6.10 Å². The fraction of sp³-hybridized carbons (Fsp3) is 1.00. The maximum absolute atomic E-state index is 10.9. The first-order valence-electron chi connectivity index (χ1n) is 8.43. The van der Waals surface area contributed by atoms with Crippen molar-refractivity contribution in [2.24, 2.45) is 29.1 Å². The molecular formula is C16H28O4S. The van der Waals surface area contributed by atoms with E-state index in [0.717, 1.165) is 37.0 Å². The van der Waals surface area contributed by atoms with Crippen molar-refractivity contribution in [3.05, 3.63) is 0 Å². The van der Waals surface area contributed by atoms with E-state index in [0.29, 0.717) is 11.3 Å². The third kappa shape index (κ3) is 3.15. The standard InChI is InChI=1S/C16H28O4S/c1-11-3-6-15-12(9-11)4-5-13-10-14(20-21(17,18)19)7-8-16(13,15)2/h11-15H,3-10H2,1-2H3,(H,17,18,19)/t11-,12+,13-,14-,15+,16+/m1/s1. The van der Waals surface area contributed by atoms with Gasteiger partial charge in [-0.1, -0.05) is 20.3 Å². The van der Waals surface area contributed by atoms with E-state index in [1.807, 2.05) is 0 Å². The molecule has 0 radical (unpaired) electrons. The summed E-state index contributed by atoms with van der Waals surface area (Å²) in [5, 5.41) is 0. The van der Waals surface area contributed by atoms with Gasteiger partial charge in [0.25, 0.3) is 0 Å². The number of hydrogen-bond acceptors (Lipinski definition) is 3. The van der Waals surface area contributed by atoms with Gasteiger partial charge in [0.2, 0.25) is 0 Å². The predicted octanol–water partition coefficient (Wildman–Crippen LogP) is 3.83. The maximum atomic E-state index is 10.9. The Hall–Kier alpha value is -0.130. The smallest absolute Gasteiger partial charge is 0.264 e. The van der Waals surface area contributed by atoms with Crippen LogP contribution in [-0.4, -0.2) is 19.1 Å². The Kier molecular flexibility index (Phi) is 4.13. The van der Waals surface area contributed by atoms with Crippen LogP contribution >= 0.6 is 0 Å². The topological polar surface area (TPSA) is 63.6 Å². The molecular weight excluding hydrogens is 288 g/mol. The summed E-state index contributed by atoms with van der Waals surface area (Å²) in [6.07, 6.45) is 8.78. The van der Waals surface area contributed by atoms with Crippen LogP contribution in [0.5, 0.6) is 0 Å². The van der Waals surface area contributed by atoms with Crippen molar-refractivity contribution in [2.75, 3.05) is 0 Å². The van der Waals surface area contributed by atoms with E-state index >= 15 is 0 Å². The minimum absolute atomic E-state index is 0.322. The monoisotopic (exact) mass is 316 g/mol. The van der Waals surface area contributed by atoms with Crippen LogP contribution in [0.2, 0.25) is 0 Å². The molecule has 21 heavy (non-hydrogen) atoms. The molecule has 6 atom stereocenters. The predicted molar refractivity (Wildman–Crippen MR) is 81.1 cm³/mol. The van der Waals surface area contributed by atoms with Crippen LogP contribution < -0.4 is 0 Å². The van der Waals surface area contributed by atoms with E-state index < -0.39 is 10.4 Å². The third-order valence-electron chi connectivity index (χ3n) is 6.72. The van der Waals surface area contributed by atoms with Crippen molar-refractivity contribution in [3.8, 4) is 0 Å². The van der Waals surface area contributed by atoms with Crippen molar-refractivity contribution >= 4 is 10.4 Å². The van der Waals surface area contributed by atoms with Crippen LogP contribution in [0, 0.1) is 29.1 Å². The first-order valence-corrected chi connectivity index (χ1v) is 9.80. The van der Waals surface area contributed by atoms with E-state index in [1.54, 1.807) is 0 Å². The fourth-order valence-electron chi connectivity index (χ4n) is 5.68. The van der Waals surface area contributed by atoms with Crippen molar-refractivity contribution < 1.29 is 17.2 Å². The van der Waals surface area contributed by atoms with Gasteiger partial charge in [0.05, 0.1) is 6.10 Å². The molecule has 5 heteroatoms. The zero-order chi connectivity index (χ0) is 15.3. The number of hydrogen-bond donors (Lipinski definition) is 1. The second kappa shape index (κ2) is 5.50. The Balaban J connectivity index is 1.71. The normalized spacial score (nSPS) is 47.5. The first kappa shape index (κ1) is 15.8. The molecule has 0 aromatic rings. The van der Waals surface area contributed by atoms with Crippen molar-refractivity contribution in [3.63, 3.8) is 0 Å². The summed E-state index contributed by atoms with van der Waals surface area (Å²) in [5.41, 5.74) is 0.349. The molecule has 0 saturated heterocycles. The molecule has 0 spiro atoms. The molecule has 3 rings (SSSR count). The van der Waals surface area contributed by atoms with Gasteiger partial charge in [0.15, 0.2) is 0 Å². The van der Waals surface area contributed by atoms with Gasteiger partial charge in [0, 0.05) is 0 Å². The second-order valence-electron chi connectivity index (χ2n) is 7.99. The third-order valence-corrected chi connectivity index (χ3v) is 7.24. The molecule has 0 aromatic heterocycles. The summed E-state index contributed by atoms with van der Waals surface area (Å²) in [6, 6.07) is 0. The van der Waals surface area contributed by atoms with Gasteiger partial charge in [0.1, 0.15) is 0 Å². The molecule has 4 nitrogen and oxygen atoms in total. The van der Waals surface area contributed by atoms with Crippen LogP contribution in [0.1, 0.15) is 65.2 Å². The zero-order valence-electron chi connectivity index (χ0n) is 13.1. The highest BCUT2D eigenvalue weighted by Crippen LogP contribution is 2.59. The Morgan fingerprint density at radius 3 is 2.57 bits per heavy atom. The van der Waals surface area contributed by atoms with Crippen molar-refractivity contribution in [1.82, 2.24) is 0 Å². The van der Waals surface area contributed by atoms with Gasteiger partial charge >= 0.3 is 10.4 Å². The summed E-state index contributed by atoms with van der Waals surface area (Å²) in [5.74, 6) is 3.09. The molecule has 1 N–H and O–H groups in total. The van der Waals surface area contributed by atoms with Gasteiger partial charge in [-0.15, -0.1) is 0 Å². The van der Waals surface area contributed by atoms with Crippen molar-refractivity contribution in [1.29, 1.82) is 0 Å². The minimum atomic E-state index is -4.31. The van der Waals surface area contributed by atoms with E-state index in [4.69, 9.17) is 8.74 Å². The molecule has 0 bridgehead atoms. The molecule has 3 aliphatic rings. The summed E-state index contributed by atoms with van der Waals surface area (Å²) >= 11 is 0. The molecule has 3 aliphatic carbocycles. The Bertz CT molecular complexity index is 489. The summed E-state index contributed by atoms with van der Waals surface area (Å²) in [7, 11) is -4.31. The molecule has 0 aliphatic heterocycles. The average Bonchev–Trinajstić information content (AvgIpc) is 2.37. The van der Waals surface area contributed by atoms with Gasteiger partial charge in [-0.2, -0.15) is 8.42 Å². The molecule has 3 fully saturated rings. The Morgan fingerprint density at radius 1 is 1.10 bits per heavy atom. The quantitative estimate of drug-likeness (QED) is 0.786. The van der Waals surface area contributed by atoms with Crippen LogP contribution in [-0.2, 0) is 14.6 Å². The van der Waals surface area contributed by atoms with Crippen LogP contribution in [0.3, 0.4) is 0 Å². The van der Waals surface area contributed by atoms with Gasteiger partial charge in [-0.05, 0) is 74.0 Å².